The van der Waals surface area contributed by atoms with E-state index in [1.807, 2.05) is 17.9 Å². The summed E-state index contributed by atoms with van der Waals surface area (Å²) in [6.07, 6.45) is 5.91. The van der Waals surface area contributed by atoms with Gasteiger partial charge >= 0.3 is 0 Å². The maximum Gasteiger partial charge on any atom is 0.113 e. The highest BCUT2D eigenvalue weighted by Gasteiger charge is 2.20. The van der Waals surface area contributed by atoms with Crippen LogP contribution in [-0.2, 0) is 18.2 Å². The van der Waals surface area contributed by atoms with Crippen molar-refractivity contribution in [1.82, 2.24) is 9.78 Å². The Morgan fingerprint density at radius 3 is 3.07 bits per heavy atom. The maximum atomic E-state index is 6.14. The van der Waals surface area contributed by atoms with Crippen LogP contribution in [0.1, 0.15) is 30.6 Å². The molecule has 15 heavy (non-hydrogen) atoms. The highest BCUT2D eigenvalue weighted by atomic mass is 16.5. The van der Waals surface area contributed by atoms with Crippen LogP contribution >= 0.6 is 0 Å². The molecule has 0 spiro atoms. The van der Waals surface area contributed by atoms with Crippen LogP contribution in [-0.4, -0.2) is 16.4 Å². The van der Waals surface area contributed by atoms with Crippen LogP contribution in [0.4, 0.5) is 0 Å². The van der Waals surface area contributed by atoms with Gasteiger partial charge in [-0.1, -0.05) is 6.92 Å². The van der Waals surface area contributed by atoms with Gasteiger partial charge in [0.05, 0.1) is 18.3 Å². The van der Waals surface area contributed by atoms with Crippen LogP contribution in [0.25, 0.3) is 0 Å². The minimum Gasteiger partial charge on any atom is -0.496 e. The number of nitrogens with zero attached hydrogens (tertiary/aromatic N) is 2. The van der Waals surface area contributed by atoms with E-state index in [1.165, 1.54) is 0 Å². The molecule has 4 nitrogen and oxygen atoms in total. The Labute approximate surface area is 89.7 Å². The van der Waals surface area contributed by atoms with E-state index >= 15 is 0 Å². The molecule has 1 unspecified atom stereocenters. The number of ether oxygens (including phenoxy) is 1. The van der Waals surface area contributed by atoms with Crippen LogP contribution in [0.15, 0.2) is 18.0 Å². The molecule has 0 aliphatic carbocycles. The van der Waals surface area contributed by atoms with E-state index < -0.39 is 0 Å². The molecular formula is C11H17N3O. The van der Waals surface area contributed by atoms with Crippen molar-refractivity contribution in [2.75, 3.05) is 6.61 Å². The summed E-state index contributed by atoms with van der Waals surface area (Å²) in [5, 5.41) is 4.38. The van der Waals surface area contributed by atoms with E-state index in [2.05, 4.69) is 18.1 Å². The van der Waals surface area contributed by atoms with Gasteiger partial charge in [-0.05, 0) is 12.5 Å². The molecule has 2 rings (SSSR count). The third-order valence-electron chi connectivity index (χ3n) is 2.65. The zero-order chi connectivity index (χ0) is 10.8. The molecule has 0 saturated carbocycles. The van der Waals surface area contributed by atoms with Gasteiger partial charge < -0.3 is 10.5 Å². The molecule has 0 bridgehead atoms. The Hall–Kier alpha value is -1.29. The molecule has 0 fully saturated rings. The van der Waals surface area contributed by atoms with Gasteiger partial charge in [-0.2, -0.15) is 5.10 Å². The number of aryl methyl sites for hydroxylation is 2. The summed E-state index contributed by atoms with van der Waals surface area (Å²) in [6, 6.07) is -0.156. The van der Waals surface area contributed by atoms with Gasteiger partial charge in [-0.3, -0.25) is 4.68 Å². The lowest BCUT2D eigenvalue weighted by Crippen LogP contribution is -2.14. The fourth-order valence-electron chi connectivity index (χ4n) is 1.89. The van der Waals surface area contributed by atoms with E-state index in [1.54, 1.807) is 0 Å². The maximum absolute atomic E-state index is 6.14. The van der Waals surface area contributed by atoms with Gasteiger partial charge in [0.15, 0.2) is 0 Å². The Bertz CT molecular complexity index is 381. The van der Waals surface area contributed by atoms with Gasteiger partial charge in [0.1, 0.15) is 5.76 Å². The van der Waals surface area contributed by atoms with Crippen molar-refractivity contribution in [2.24, 2.45) is 12.8 Å². The summed E-state index contributed by atoms with van der Waals surface area (Å²) in [6.45, 7) is 2.84. The molecule has 4 heteroatoms. The number of rotatable bonds is 3. The fourth-order valence-corrected chi connectivity index (χ4v) is 1.89. The van der Waals surface area contributed by atoms with Crippen molar-refractivity contribution in [2.45, 2.75) is 25.8 Å². The average Bonchev–Trinajstić information content (AvgIpc) is 2.84. The van der Waals surface area contributed by atoms with Gasteiger partial charge in [0.25, 0.3) is 0 Å². The first-order chi connectivity index (χ1) is 7.22. The average molecular weight is 207 g/mol. The van der Waals surface area contributed by atoms with Crippen LogP contribution in [0, 0.1) is 0 Å². The first kappa shape index (κ1) is 10.2. The molecule has 2 heterocycles. The standard InChI is InChI=1S/C11H17N3O/c1-3-9-8(7-14(2)13-9)11(12)10-5-4-6-15-10/h5,7,11H,3-4,6,12H2,1-2H3. The second-order valence-corrected chi connectivity index (χ2v) is 3.78. The monoisotopic (exact) mass is 207 g/mol. The topological polar surface area (TPSA) is 53.1 Å². The summed E-state index contributed by atoms with van der Waals surface area (Å²) >= 11 is 0. The van der Waals surface area contributed by atoms with Crippen molar-refractivity contribution in [3.8, 4) is 0 Å². The lowest BCUT2D eigenvalue weighted by atomic mass is 10.1. The molecule has 0 radical (unpaired) electrons. The molecular weight excluding hydrogens is 190 g/mol. The molecule has 0 amide bonds. The molecule has 1 aliphatic rings. The van der Waals surface area contributed by atoms with Crippen molar-refractivity contribution in [3.63, 3.8) is 0 Å². The van der Waals surface area contributed by atoms with Crippen LogP contribution in [0.3, 0.4) is 0 Å². The van der Waals surface area contributed by atoms with E-state index in [4.69, 9.17) is 10.5 Å². The lowest BCUT2D eigenvalue weighted by Gasteiger charge is -2.12. The SMILES string of the molecule is CCc1nn(C)cc1C(N)C1=CCCO1. The lowest BCUT2D eigenvalue weighted by molar-refractivity contribution is 0.225. The Kier molecular flexibility index (Phi) is 2.77. The molecule has 82 valence electrons. The van der Waals surface area contributed by atoms with E-state index in [-0.39, 0.29) is 6.04 Å². The van der Waals surface area contributed by atoms with Gasteiger partial charge in [0, 0.05) is 25.2 Å². The highest BCUT2D eigenvalue weighted by Crippen LogP contribution is 2.26. The molecule has 1 atom stereocenters. The summed E-state index contributed by atoms with van der Waals surface area (Å²) in [5.41, 5.74) is 8.28. The van der Waals surface area contributed by atoms with Crippen molar-refractivity contribution < 1.29 is 4.74 Å². The number of hydrogen-bond acceptors (Lipinski definition) is 3. The third-order valence-corrected chi connectivity index (χ3v) is 2.65. The van der Waals surface area contributed by atoms with E-state index in [9.17, 15) is 0 Å². The van der Waals surface area contributed by atoms with Gasteiger partial charge in [-0.15, -0.1) is 0 Å². The smallest absolute Gasteiger partial charge is 0.113 e. The minimum atomic E-state index is -0.156. The molecule has 1 aromatic heterocycles. The first-order valence-corrected chi connectivity index (χ1v) is 5.33. The predicted molar refractivity (Wildman–Crippen MR) is 58.2 cm³/mol. The van der Waals surface area contributed by atoms with Crippen molar-refractivity contribution in [1.29, 1.82) is 0 Å². The zero-order valence-corrected chi connectivity index (χ0v) is 9.23. The second-order valence-electron chi connectivity index (χ2n) is 3.78. The number of hydrogen-bond donors (Lipinski definition) is 1. The van der Waals surface area contributed by atoms with Gasteiger partial charge in [0.2, 0.25) is 0 Å². The summed E-state index contributed by atoms with van der Waals surface area (Å²) < 4.78 is 7.29. The second kappa shape index (κ2) is 4.06. The Morgan fingerprint density at radius 2 is 2.47 bits per heavy atom. The Morgan fingerprint density at radius 1 is 1.67 bits per heavy atom. The summed E-state index contributed by atoms with van der Waals surface area (Å²) in [7, 11) is 1.92. The normalized spacial score (nSPS) is 17.4. The van der Waals surface area contributed by atoms with Crippen molar-refractivity contribution >= 4 is 0 Å². The summed E-state index contributed by atoms with van der Waals surface area (Å²) in [4.78, 5) is 0. The summed E-state index contributed by atoms with van der Waals surface area (Å²) in [5.74, 6) is 0.887. The molecule has 0 saturated heterocycles. The molecule has 0 aromatic carbocycles. The third kappa shape index (κ3) is 1.90. The Balaban J connectivity index is 2.27. The van der Waals surface area contributed by atoms with Crippen LogP contribution in [0.5, 0.6) is 0 Å². The van der Waals surface area contributed by atoms with Crippen molar-refractivity contribution in [3.05, 3.63) is 29.3 Å². The highest BCUT2D eigenvalue weighted by molar-refractivity contribution is 5.28. The van der Waals surface area contributed by atoms with E-state index in [0.29, 0.717) is 0 Å². The van der Waals surface area contributed by atoms with Gasteiger partial charge in [-0.25, -0.2) is 0 Å². The van der Waals surface area contributed by atoms with E-state index in [0.717, 1.165) is 36.5 Å². The minimum absolute atomic E-state index is 0.156. The largest absolute Gasteiger partial charge is 0.496 e. The molecule has 1 aliphatic heterocycles. The zero-order valence-electron chi connectivity index (χ0n) is 9.23. The molecule has 2 N–H and O–H groups in total. The number of aromatic nitrogens is 2. The first-order valence-electron chi connectivity index (χ1n) is 5.33. The molecule has 1 aromatic rings. The fraction of sp³-hybridized carbons (Fsp3) is 0.545. The predicted octanol–water partition coefficient (Wildman–Crippen LogP) is 1.29. The van der Waals surface area contributed by atoms with Crippen LogP contribution < -0.4 is 5.73 Å². The number of nitrogens with two attached hydrogens (primary N) is 1. The quantitative estimate of drug-likeness (QED) is 0.812. The van der Waals surface area contributed by atoms with Crippen LogP contribution in [0.2, 0.25) is 0 Å².